The van der Waals surface area contributed by atoms with E-state index in [1.54, 1.807) is 30.5 Å². The van der Waals surface area contributed by atoms with Crippen molar-refractivity contribution in [1.29, 1.82) is 0 Å². The van der Waals surface area contributed by atoms with Crippen molar-refractivity contribution < 1.29 is 32.9 Å². The minimum atomic E-state index is -1.36. The van der Waals surface area contributed by atoms with Gasteiger partial charge in [-0.25, -0.2) is 4.39 Å². The Morgan fingerprint density at radius 3 is 2.41 bits per heavy atom. The number of para-hydroxylation sites is 1. The van der Waals surface area contributed by atoms with Crippen molar-refractivity contribution >= 4 is 38.8 Å². The highest BCUT2D eigenvalue weighted by Crippen LogP contribution is 2.45. The molecule has 0 spiro atoms. The highest BCUT2D eigenvalue weighted by atomic mass is 79.9. The van der Waals surface area contributed by atoms with Crippen LogP contribution in [0.15, 0.2) is 71.3 Å². The van der Waals surface area contributed by atoms with Crippen LogP contribution in [0.3, 0.4) is 0 Å². The normalized spacial score (nSPS) is 16.0. The van der Waals surface area contributed by atoms with Gasteiger partial charge in [0.2, 0.25) is 0 Å². The van der Waals surface area contributed by atoms with E-state index in [9.17, 15) is 14.0 Å². The van der Waals surface area contributed by atoms with Crippen molar-refractivity contribution in [2.24, 2.45) is 5.92 Å². The zero-order valence-electron chi connectivity index (χ0n) is 21.6. The number of nitrogens with one attached hydrogen (secondary N) is 1. The highest BCUT2D eigenvalue weighted by molar-refractivity contribution is 9.10. The first-order chi connectivity index (χ1) is 18.7. The predicted molar refractivity (Wildman–Crippen MR) is 146 cm³/mol. The van der Waals surface area contributed by atoms with Gasteiger partial charge >= 0.3 is 11.9 Å². The fourth-order valence-electron chi connectivity index (χ4n) is 4.81. The summed E-state index contributed by atoms with van der Waals surface area (Å²) < 4.78 is 36.9. The number of esters is 2. The lowest BCUT2D eigenvalue weighted by molar-refractivity contribution is -0.240. The van der Waals surface area contributed by atoms with Crippen LogP contribution in [0.2, 0.25) is 0 Å². The molecule has 7 nitrogen and oxygen atoms in total. The smallest absolute Gasteiger partial charge is 0.324 e. The van der Waals surface area contributed by atoms with E-state index < -0.39 is 29.6 Å². The lowest BCUT2D eigenvalue weighted by Crippen LogP contribution is -2.48. The van der Waals surface area contributed by atoms with Crippen molar-refractivity contribution in [1.82, 2.24) is 4.98 Å². The molecule has 1 aromatic heterocycles. The van der Waals surface area contributed by atoms with E-state index in [0.29, 0.717) is 28.1 Å². The molecule has 4 aromatic rings. The maximum Gasteiger partial charge on any atom is 0.324 e. The van der Waals surface area contributed by atoms with E-state index in [2.05, 4.69) is 20.9 Å². The third kappa shape index (κ3) is 5.49. The van der Waals surface area contributed by atoms with Crippen LogP contribution in [-0.4, -0.2) is 29.3 Å². The van der Waals surface area contributed by atoms with Gasteiger partial charge in [0, 0.05) is 36.9 Å². The Hall–Kier alpha value is -3.85. The number of benzene rings is 3. The maximum absolute atomic E-state index is 13.3. The van der Waals surface area contributed by atoms with Gasteiger partial charge in [-0.2, -0.15) is 0 Å². The van der Waals surface area contributed by atoms with Crippen LogP contribution in [0.4, 0.5) is 4.39 Å². The Labute approximate surface area is 233 Å². The number of halogens is 2. The summed E-state index contributed by atoms with van der Waals surface area (Å²) in [5, 5.41) is 0.860. The molecule has 0 radical (unpaired) electrons. The monoisotopic (exact) mass is 595 g/mol. The Kier molecular flexibility index (Phi) is 7.36. The molecule has 2 heterocycles. The van der Waals surface area contributed by atoms with Gasteiger partial charge < -0.3 is 23.9 Å². The predicted octanol–water partition coefficient (Wildman–Crippen LogP) is 6.63. The van der Waals surface area contributed by atoms with Gasteiger partial charge in [0.1, 0.15) is 12.4 Å². The summed E-state index contributed by atoms with van der Waals surface area (Å²) in [6.07, 6.45) is 1.79. The zero-order chi connectivity index (χ0) is 27.7. The van der Waals surface area contributed by atoms with E-state index in [1.807, 2.05) is 31.2 Å². The molecule has 0 saturated carbocycles. The van der Waals surface area contributed by atoms with Crippen molar-refractivity contribution in [3.05, 3.63) is 93.8 Å². The molecule has 3 aromatic carbocycles. The molecule has 1 saturated heterocycles. The molecular formula is C30H27BrFNO6. The summed E-state index contributed by atoms with van der Waals surface area (Å²) in [6, 6.07) is 17.2. The van der Waals surface area contributed by atoms with Gasteiger partial charge in [-0.3, -0.25) is 9.59 Å². The van der Waals surface area contributed by atoms with Crippen molar-refractivity contribution in [3.8, 4) is 11.5 Å². The fraction of sp³-hybridized carbons (Fsp3) is 0.267. The molecule has 39 heavy (non-hydrogen) atoms. The maximum atomic E-state index is 13.3. The van der Waals surface area contributed by atoms with Crippen LogP contribution in [-0.2, 0) is 25.7 Å². The molecule has 202 valence electrons. The van der Waals surface area contributed by atoms with E-state index in [-0.39, 0.29) is 12.4 Å². The lowest BCUT2D eigenvalue weighted by atomic mass is 9.80. The Morgan fingerprint density at radius 1 is 1.03 bits per heavy atom. The Balaban J connectivity index is 1.60. The average molecular weight is 596 g/mol. The number of hydrogen-bond donors (Lipinski definition) is 1. The largest absolute Gasteiger partial charge is 0.490 e. The topological polar surface area (TPSA) is 86.9 Å². The molecule has 0 unspecified atom stereocenters. The second kappa shape index (κ2) is 10.7. The first kappa shape index (κ1) is 26.7. The number of ether oxygens (including phenoxy) is 4. The van der Waals surface area contributed by atoms with Gasteiger partial charge in [-0.15, -0.1) is 0 Å². The number of aromatic nitrogens is 1. The van der Waals surface area contributed by atoms with Crippen molar-refractivity contribution in [2.45, 2.75) is 39.1 Å². The zero-order valence-corrected chi connectivity index (χ0v) is 23.2. The molecule has 5 rings (SSSR count). The van der Waals surface area contributed by atoms with Gasteiger partial charge in [0.05, 0.1) is 11.1 Å². The average Bonchev–Trinajstić information content (AvgIpc) is 3.30. The van der Waals surface area contributed by atoms with E-state index in [1.165, 1.54) is 26.0 Å². The third-order valence-corrected chi connectivity index (χ3v) is 7.07. The molecule has 1 aliphatic rings. The number of aromatic amines is 1. The SMILES string of the molecule is CCOc1cc([C@H](c2c[nH]c3ccccc23)C2C(=O)OC(C)(C)OC2=O)cc(Br)c1OCc1ccc(F)cc1. The summed E-state index contributed by atoms with van der Waals surface area (Å²) >= 11 is 3.60. The molecule has 1 fully saturated rings. The third-order valence-electron chi connectivity index (χ3n) is 6.48. The van der Waals surface area contributed by atoms with Gasteiger partial charge in [-0.05, 0) is 69.9 Å². The van der Waals surface area contributed by atoms with E-state index in [0.717, 1.165) is 22.0 Å². The standard InChI is InChI=1S/C30H27BrFNO6/c1-4-36-24-14-18(13-22(31)27(24)37-16-17-9-11-19(32)12-10-17)25(21-15-33-23-8-6-5-7-20(21)23)26-28(34)38-30(2,3)39-29(26)35/h5-15,25-26,33H,4,16H2,1-3H3/t25-/m1/s1. The molecule has 9 heteroatoms. The van der Waals surface area contributed by atoms with Crippen molar-refractivity contribution in [2.75, 3.05) is 6.61 Å². The summed E-state index contributed by atoms with van der Waals surface area (Å²) in [7, 11) is 0. The van der Waals surface area contributed by atoms with Crippen LogP contribution in [0.25, 0.3) is 10.9 Å². The van der Waals surface area contributed by atoms with Gasteiger partial charge in [0.15, 0.2) is 17.4 Å². The van der Waals surface area contributed by atoms with Crippen LogP contribution in [0, 0.1) is 11.7 Å². The number of hydrogen-bond acceptors (Lipinski definition) is 6. The van der Waals surface area contributed by atoms with E-state index in [4.69, 9.17) is 18.9 Å². The Bertz CT molecular complexity index is 1510. The lowest BCUT2D eigenvalue weighted by Gasteiger charge is -2.36. The Morgan fingerprint density at radius 2 is 1.72 bits per heavy atom. The number of carbonyl (C=O) groups excluding carboxylic acids is 2. The molecule has 0 aliphatic carbocycles. The summed E-state index contributed by atoms with van der Waals surface area (Å²) in [5.74, 6) is -4.15. The number of H-pyrrole nitrogens is 1. The first-order valence-corrected chi connectivity index (χ1v) is 13.3. The molecule has 1 aliphatic heterocycles. The summed E-state index contributed by atoms with van der Waals surface area (Å²) in [5.41, 5.74) is 3.00. The van der Waals surface area contributed by atoms with Crippen LogP contribution >= 0.6 is 15.9 Å². The molecule has 0 bridgehead atoms. The second-order valence-corrected chi connectivity index (χ2v) is 10.5. The molecule has 1 N–H and O–H groups in total. The summed E-state index contributed by atoms with van der Waals surface area (Å²) in [4.78, 5) is 29.8. The van der Waals surface area contributed by atoms with Crippen LogP contribution < -0.4 is 9.47 Å². The first-order valence-electron chi connectivity index (χ1n) is 12.5. The van der Waals surface area contributed by atoms with Gasteiger partial charge in [-0.1, -0.05) is 30.3 Å². The number of carbonyl (C=O) groups is 2. The van der Waals surface area contributed by atoms with Gasteiger partial charge in [0.25, 0.3) is 5.79 Å². The van der Waals surface area contributed by atoms with Crippen LogP contribution in [0.5, 0.6) is 11.5 Å². The molecule has 0 amide bonds. The minimum absolute atomic E-state index is 0.181. The van der Waals surface area contributed by atoms with Crippen molar-refractivity contribution in [3.63, 3.8) is 0 Å². The minimum Gasteiger partial charge on any atom is -0.490 e. The number of rotatable bonds is 8. The number of fused-ring (bicyclic) bond motifs is 1. The second-order valence-electron chi connectivity index (χ2n) is 9.67. The molecular weight excluding hydrogens is 569 g/mol. The number of cyclic esters (lactones) is 2. The quantitative estimate of drug-likeness (QED) is 0.182. The highest BCUT2D eigenvalue weighted by Gasteiger charge is 2.49. The van der Waals surface area contributed by atoms with Crippen LogP contribution in [0.1, 0.15) is 43.4 Å². The summed E-state index contributed by atoms with van der Waals surface area (Å²) in [6.45, 7) is 5.43. The fourth-order valence-corrected chi connectivity index (χ4v) is 5.38. The molecule has 1 atom stereocenters. The van der Waals surface area contributed by atoms with E-state index >= 15 is 0 Å².